The van der Waals surface area contributed by atoms with Crippen molar-refractivity contribution in [1.29, 1.82) is 0 Å². The van der Waals surface area contributed by atoms with Gasteiger partial charge in [-0.1, -0.05) is 13.8 Å². The topological polar surface area (TPSA) is 43.1 Å². The van der Waals surface area contributed by atoms with E-state index in [1.165, 1.54) is 11.3 Å². The second-order valence-electron chi connectivity index (χ2n) is 3.14. The van der Waals surface area contributed by atoms with Crippen LogP contribution in [-0.4, -0.2) is 5.78 Å². The second kappa shape index (κ2) is 3.27. The standard InChI is InChI=1S/C9H13NOS/c1-5(2)7-4-8(10)12-9(7)6(3)11/h4-5H,10H2,1-3H3. The van der Waals surface area contributed by atoms with E-state index < -0.39 is 0 Å². The first-order valence-corrected chi connectivity index (χ1v) is 4.74. The van der Waals surface area contributed by atoms with E-state index in [1.807, 2.05) is 6.07 Å². The highest BCUT2D eigenvalue weighted by atomic mass is 32.1. The molecule has 1 rings (SSSR count). The van der Waals surface area contributed by atoms with Crippen molar-refractivity contribution in [3.8, 4) is 0 Å². The molecule has 0 saturated carbocycles. The molecule has 0 amide bonds. The largest absolute Gasteiger partial charge is 0.391 e. The molecule has 0 radical (unpaired) electrons. The van der Waals surface area contributed by atoms with Crippen molar-refractivity contribution in [2.45, 2.75) is 26.7 Å². The first-order valence-electron chi connectivity index (χ1n) is 3.92. The lowest BCUT2D eigenvalue weighted by Gasteiger charge is -2.02. The summed E-state index contributed by atoms with van der Waals surface area (Å²) in [5, 5.41) is 0.726. The Morgan fingerprint density at radius 3 is 2.50 bits per heavy atom. The third-order valence-corrected chi connectivity index (χ3v) is 2.80. The minimum atomic E-state index is 0.111. The fraction of sp³-hybridized carbons (Fsp3) is 0.444. The summed E-state index contributed by atoms with van der Waals surface area (Å²) in [5.74, 6) is 0.484. The Hall–Kier alpha value is -0.830. The van der Waals surface area contributed by atoms with Crippen LogP contribution in [0.2, 0.25) is 0 Å². The van der Waals surface area contributed by atoms with E-state index in [4.69, 9.17) is 5.73 Å². The summed E-state index contributed by atoms with van der Waals surface area (Å²) in [7, 11) is 0. The lowest BCUT2D eigenvalue weighted by molar-refractivity contribution is 0.102. The molecule has 0 fully saturated rings. The fourth-order valence-electron chi connectivity index (χ4n) is 1.13. The summed E-state index contributed by atoms with van der Waals surface area (Å²) >= 11 is 1.38. The molecule has 1 aromatic heterocycles. The van der Waals surface area contributed by atoms with Crippen LogP contribution in [0.25, 0.3) is 0 Å². The van der Waals surface area contributed by atoms with Gasteiger partial charge < -0.3 is 5.73 Å². The predicted molar refractivity (Wildman–Crippen MR) is 52.8 cm³/mol. The van der Waals surface area contributed by atoms with Gasteiger partial charge in [-0.25, -0.2) is 0 Å². The van der Waals surface area contributed by atoms with Gasteiger partial charge in [0.2, 0.25) is 0 Å². The minimum Gasteiger partial charge on any atom is -0.391 e. The number of ketones is 1. The van der Waals surface area contributed by atoms with Crippen LogP contribution in [-0.2, 0) is 0 Å². The van der Waals surface area contributed by atoms with Gasteiger partial charge in [-0.3, -0.25) is 4.79 Å². The van der Waals surface area contributed by atoms with Crippen molar-refractivity contribution in [3.05, 3.63) is 16.5 Å². The lowest BCUT2D eigenvalue weighted by Crippen LogP contribution is -1.95. The normalized spacial score (nSPS) is 10.7. The number of carbonyl (C=O) groups excluding carboxylic acids is 1. The van der Waals surface area contributed by atoms with Gasteiger partial charge in [-0.2, -0.15) is 0 Å². The molecular formula is C9H13NOS. The highest BCUT2D eigenvalue weighted by molar-refractivity contribution is 7.18. The van der Waals surface area contributed by atoms with E-state index >= 15 is 0 Å². The summed E-state index contributed by atoms with van der Waals surface area (Å²) in [4.78, 5) is 11.9. The molecule has 1 aromatic rings. The molecule has 0 aliphatic heterocycles. The van der Waals surface area contributed by atoms with Gasteiger partial charge >= 0.3 is 0 Å². The molecule has 0 spiro atoms. The van der Waals surface area contributed by atoms with Gasteiger partial charge in [0.1, 0.15) is 0 Å². The Morgan fingerprint density at radius 2 is 2.17 bits per heavy atom. The zero-order valence-corrected chi connectivity index (χ0v) is 8.37. The summed E-state index contributed by atoms with van der Waals surface area (Å²) in [6.07, 6.45) is 0. The predicted octanol–water partition coefficient (Wildman–Crippen LogP) is 2.66. The number of rotatable bonds is 2. The molecule has 3 heteroatoms. The first kappa shape index (κ1) is 9.26. The molecule has 66 valence electrons. The molecule has 2 nitrogen and oxygen atoms in total. The van der Waals surface area contributed by atoms with Crippen molar-refractivity contribution in [3.63, 3.8) is 0 Å². The molecule has 2 N–H and O–H groups in total. The maximum Gasteiger partial charge on any atom is 0.170 e. The third-order valence-electron chi connectivity index (χ3n) is 1.72. The quantitative estimate of drug-likeness (QED) is 0.716. The molecular weight excluding hydrogens is 170 g/mol. The first-order chi connectivity index (χ1) is 5.52. The molecule has 0 unspecified atom stereocenters. The second-order valence-corrected chi connectivity index (χ2v) is 4.23. The number of nitrogen functional groups attached to an aromatic ring is 1. The zero-order chi connectivity index (χ0) is 9.30. The van der Waals surface area contributed by atoms with E-state index in [9.17, 15) is 4.79 Å². The zero-order valence-electron chi connectivity index (χ0n) is 7.55. The van der Waals surface area contributed by atoms with Crippen LogP contribution in [0.15, 0.2) is 6.07 Å². The van der Waals surface area contributed by atoms with Crippen LogP contribution in [0.1, 0.15) is 41.9 Å². The van der Waals surface area contributed by atoms with Crippen LogP contribution < -0.4 is 5.73 Å². The van der Waals surface area contributed by atoms with Crippen molar-refractivity contribution in [2.75, 3.05) is 5.73 Å². The molecule has 0 saturated heterocycles. The van der Waals surface area contributed by atoms with Gasteiger partial charge in [-0.05, 0) is 24.5 Å². The maximum absolute atomic E-state index is 11.1. The number of hydrogen-bond donors (Lipinski definition) is 1. The number of hydrogen-bond acceptors (Lipinski definition) is 3. The van der Waals surface area contributed by atoms with Crippen LogP contribution in [0.3, 0.4) is 0 Å². The fourth-order valence-corrected chi connectivity index (χ4v) is 2.11. The monoisotopic (exact) mass is 183 g/mol. The SMILES string of the molecule is CC(=O)c1sc(N)cc1C(C)C. The Labute approximate surface area is 76.4 Å². The van der Waals surface area contributed by atoms with Crippen LogP contribution in [0.4, 0.5) is 5.00 Å². The molecule has 0 aliphatic carbocycles. The summed E-state index contributed by atoms with van der Waals surface area (Å²) < 4.78 is 0. The van der Waals surface area contributed by atoms with Crippen molar-refractivity contribution < 1.29 is 4.79 Å². The van der Waals surface area contributed by atoms with E-state index in [0.717, 1.165) is 15.4 Å². The highest BCUT2D eigenvalue weighted by Gasteiger charge is 2.13. The van der Waals surface area contributed by atoms with Crippen molar-refractivity contribution in [1.82, 2.24) is 0 Å². The molecule has 0 bridgehead atoms. The average Bonchev–Trinajstić information content (AvgIpc) is 2.31. The number of thiophene rings is 1. The average molecular weight is 183 g/mol. The highest BCUT2D eigenvalue weighted by Crippen LogP contribution is 2.30. The van der Waals surface area contributed by atoms with Crippen molar-refractivity contribution in [2.24, 2.45) is 0 Å². The third kappa shape index (κ3) is 1.67. The number of anilines is 1. The molecule has 12 heavy (non-hydrogen) atoms. The molecule has 0 aromatic carbocycles. The minimum absolute atomic E-state index is 0.111. The number of nitrogens with two attached hydrogens (primary N) is 1. The van der Waals surface area contributed by atoms with Gasteiger partial charge in [0.25, 0.3) is 0 Å². The van der Waals surface area contributed by atoms with E-state index in [0.29, 0.717) is 5.92 Å². The Morgan fingerprint density at radius 1 is 1.58 bits per heavy atom. The van der Waals surface area contributed by atoms with E-state index in [-0.39, 0.29) is 5.78 Å². The molecule has 0 aliphatic rings. The lowest BCUT2D eigenvalue weighted by atomic mass is 10.0. The Balaban J connectivity index is 3.17. The molecule has 1 heterocycles. The van der Waals surface area contributed by atoms with Gasteiger partial charge in [0.15, 0.2) is 5.78 Å². The van der Waals surface area contributed by atoms with Crippen LogP contribution >= 0.6 is 11.3 Å². The smallest absolute Gasteiger partial charge is 0.170 e. The molecule has 0 atom stereocenters. The number of carbonyl (C=O) groups is 1. The Kier molecular flexibility index (Phi) is 2.52. The van der Waals surface area contributed by atoms with Gasteiger partial charge in [-0.15, -0.1) is 11.3 Å². The van der Waals surface area contributed by atoms with Gasteiger partial charge in [0.05, 0.1) is 9.88 Å². The van der Waals surface area contributed by atoms with Gasteiger partial charge in [0, 0.05) is 0 Å². The van der Waals surface area contributed by atoms with Crippen molar-refractivity contribution >= 4 is 22.1 Å². The summed E-state index contributed by atoms with van der Waals surface area (Å²) in [6.45, 7) is 5.71. The van der Waals surface area contributed by atoms with Crippen LogP contribution in [0, 0.1) is 0 Å². The van der Waals surface area contributed by atoms with E-state index in [1.54, 1.807) is 6.92 Å². The van der Waals surface area contributed by atoms with E-state index in [2.05, 4.69) is 13.8 Å². The summed E-state index contributed by atoms with van der Waals surface area (Å²) in [5.41, 5.74) is 6.70. The number of Topliss-reactive ketones (excluding diaryl/α,β-unsaturated/α-hetero) is 1. The van der Waals surface area contributed by atoms with Crippen LogP contribution in [0.5, 0.6) is 0 Å². The summed E-state index contributed by atoms with van der Waals surface area (Å²) in [6, 6.07) is 1.89. The maximum atomic E-state index is 11.1. The Bertz CT molecular complexity index is 301.